The van der Waals surface area contributed by atoms with E-state index in [4.69, 9.17) is 11.6 Å². The number of ketones is 1. The van der Waals surface area contributed by atoms with Gasteiger partial charge in [0.05, 0.1) is 17.0 Å². The molecule has 0 atom stereocenters. The van der Waals surface area contributed by atoms with Gasteiger partial charge in [0.1, 0.15) is 0 Å². The first kappa shape index (κ1) is 13.7. The van der Waals surface area contributed by atoms with Crippen LogP contribution in [0.15, 0.2) is 17.1 Å². The van der Waals surface area contributed by atoms with Gasteiger partial charge in [-0.2, -0.15) is 0 Å². The number of carbonyl (C=O) groups is 1. The number of Topliss-reactive ketones (excluding diaryl/α,β-unsaturated/α-hetero) is 1. The Labute approximate surface area is 107 Å². The van der Waals surface area contributed by atoms with Crippen LogP contribution in [-0.2, 0) is 0 Å². The summed E-state index contributed by atoms with van der Waals surface area (Å²) in [5, 5.41) is 0.501. The zero-order chi connectivity index (χ0) is 13.0. The Morgan fingerprint density at radius 3 is 2.71 bits per heavy atom. The van der Waals surface area contributed by atoms with Gasteiger partial charge in [-0.15, -0.1) is 0 Å². The molecule has 0 aliphatic heterocycles. The van der Waals surface area contributed by atoms with Crippen LogP contribution in [0, 0.1) is 6.92 Å². The molecule has 17 heavy (non-hydrogen) atoms. The van der Waals surface area contributed by atoms with Crippen molar-refractivity contribution < 1.29 is 4.79 Å². The van der Waals surface area contributed by atoms with Gasteiger partial charge in [-0.25, -0.2) is 4.99 Å². The van der Waals surface area contributed by atoms with E-state index in [9.17, 15) is 4.79 Å². The maximum absolute atomic E-state index is 11.3. The molecule has 0 amide bonds. The molecule has 4 heteroatoms. The van der Waals surface area contributed by atoms with E-state index in [2.05, 4.69) is 4.99 Å². The molecule has 0 heterocycles. The predicted octanol–water partition coefficient (Wildman–Crippen LogP) is 3.46. The first-order valence-corrected chi connectivity index (χ1v) is 5.89. The molecule has 0 saturated heterocycles. The van der Waals surface area contributed by atoms with E-state index in [1.807, 2.05) is 31.9 Å². The van der Waals surface area contributed by atoms with Gasteiger partial charge in [0.2, 0.25) is 0 Å². The van der Waals surface area contributed by atoms with E-state index in [0.717, 1.165) is 12.1 Å². The molecule has 1 aromatic carbocycles. The molecule has 0 bridgehead atoms. The molecule has 0 aromatic heterocycles. The van der Waals surface area contributed by atoms with Crippen LogP contribution in [-0.4, -0.2) is 30.6 Å². The molecule has 0 fully saturated rings. The summed E-state index contributed by atoms with van der Waals surface area (Å²) < 4.78 is 0. The highest BCUT2D eigenvalue weighted by Gasteiger charge is 2.08. The molecule has 0 radical (unpaired) electrons. The Morgan fingerprint density at radius 1 is 1.53 bits per heavy atom. The average molecular weight is 253 g/mol. The van der Waals surface area contributed by atoms with Gasteiger partial charge in [-0.3, -0.25) is 4.79 Å². The smallest absolute Gasteiger partial charge is 0.160 e. The molecule has 0 spiro atoms. The van der Waals surface area contributed by atoms with Crippen LogP contribution in [0.4, 0.5) is 5.69 Å². The van der Waals surface area contributed by atoms with Gasteiger partial charge in [-0.05, 0) is 38.5 Å². The van der Waals surface area contributed by atoms with Gasteiger partial charge >= 0.3 is 0 Å². The van der Waals surface area contributed by atoms with Crippen molar-refractivity contribution >= 4 is 29.4 Å². The molecule has 3 nitrogen and oxygen atoms in total. The van der Waals surface area contributed by atoms with E-state index < -0.39 is 0 Å². The van der Waals surface area contributed by atoms with Crippen molar-refractivity contribution in [1.29, 1.82) is 0 Å². The zero-order valence-electron chi connectivity index (χ0n) is 10.6. The minimum Gasteiger partial charge on any atom is -0.366 e. The van der Waals surface area contributed by atoms with Crippen LogP contribution in [0.2, 0.25) is 5.02 Å². The lowest BCUT2D eigenvalue weighted by Crippen LogP contribution is -2.14. The first-order valence-electron chi connectivity index (χ1n) is 5.51. The van der Waals surface area contributed by atoms with Crippen molar-refractivity contribution in [3.05, 3.63) is 28.3 Å². The maximum atomic E-state index is 11.3. The van der Waals surface area contributed by atoms with E-state index >= 15 is 0 Å². The lowest BCUT2D eigenvalue weighted by atomic mass is 10.1. The lowest BCUT2D eigenvalue weighted by Gasteiger charge is -2.09. The number of carbonyl (C=O) groups excluding carboxylic acids is 1. The quantitative estimate of drug-likeness (QED) is 0.467. The average Bonchev–Trinajstić information content (AvgIpc) is 2.28. The molecule has 0 unspecified atom stereocenters. The fraction of sp³-hybridized carbons (Fsp3) is 0.385. The Hall–Kier alpha value is -1.35. The number of halogens is 1. The van der Waals surface area contributed by atoms with Gasteiger partial charge in [0.25, 0.3) is 0 Å². The molecule has 0 N–H and O–H groups in total. The second-order valence-corrected chi connectivity index (χ2v) is 4.40. The summed E-state index contributed by atoms with van der Waals surface area (Å²) in [4.78, 5) is 17.6. The number of nitrogens with zero attached hydrogens (tertiary/aromatic N) is 2. The molecule has 0 aliphatic rings. The van der Waals surface area contributed by atoms with Crippen molar-refractivity contribution in [3.8, 4) is 0 Å². The summed E-state index contributed by atoms with van der Waals surface area (Å²) in [6.45, 7) is 6.34. The van der Waals surface area contributed by atoms with Crippen LogP contribution in [0.1, 0.15) is 29.8 Å². The summed E-state index contributed by atoms with van der Waals surface area (Å²) in [6, 6.07) is 3.51. The third-order valence-corrected chi connectivity index (χ3v) is 2.87. The molecule has 0 saturated carbocycles. The number of hydrogen-bond acceptors (Lipinski definition) is 2. The van der Waals surface area contributed by atoms with Gasteiger partial charge in [0.15, 0.2) is 5.78 Å². The molecule has 0 aliphatic carbocycles. The third-order valence-electron chi connectivity index (χ3n) is 2.57. The molecule has 92 valence electrons. The largest absolute Gasteiger partial charge is 0.366 e. The van der Waals surface area contributed by atoms with Crippen LogP contribution < -0.4 is 0 Å². The molecule has 1 rings (SSSR count). The van der Waals surface area contributed by atoms with E-state index in [1.54, 1.807) is 12.4 Å². The Bertz CT molecular complexity index is 455. The van der Waals surface area contributed by atoms with Gasteiger partial charge in [-0.1, -0.05) is 11.6 Å². The van der Waals surface area contributed by atoms with Crippen LogP contribution in [0.5, 0.6) is 0 Å². The van der Waals surface area contributed by atoms with Crippen LogP contribution in [0.3, 0.4) is 0 Å². The minimum absolute atomic E-state index is 0.0191. The fourth-order valence-corrected chi connectivity index (χ4v) is 1.60. The maximum Gasteiger partial charge on any atom is 0.160 e. The summed E-state index contributed by atoms with van der Waals surface area (Å²) in [5.41, 5.74) is 2.24. The number of aryl methyl sites for hydroxylation is 1. The highest BCUT2D eigenvalue weighted by molar-refractivity contribution is 6.33. The highest BCUT2D eigenvalue weighted by Crippen LogP contribution is 2.28. The number of hydrogen-bond donors (Lipinski definition) is 0. The molecule has 1 aromatic rings. The number of benzene rings is 1. The lowest BCUT2D eigenvalue weighted by molar-refractivity contribution is 0.101. The Morgan fingerprint density at radius 2 is 2.18 bits per heavy atom. The predicted molar refractivity (Wildman–Crippen MR) is 72.6 cm³/mol. The first-order chi connectivity index (χ1) is 7.95. The zero-order valence-corrected chi connectivity index (χ0v) is 11.4. The minimum atomic E-state index is 0.0191. The van der Waals surface area contributed by atoms with Gasteiger partial charge < -0.3 is 4.90 Å². The summed E-state index contributed by atoms with van der Waals surface area (Å²) in [7, 11) is 1.94. The Balaban J connectivity index is 3.08. The summed E-state index contributed by atoms with van der Waals surface area (Å²) in [5.74, 6) is 0.0191. The van der Waals surface area contributed by atoms with Crippen LogP contribution >= 0.6 is 11.6 Å². The van der Waals surface area contributed by atoms with E-state index in [0.29, 0.717) is 16.3 Å². The third kappa shape index (κ3) is 3.56. The number of rotatable bonds is 4. The normalized spacial score (nSPS) is 10.9. The number of aliphatic imine (C=N–C) groups is 1. The second kappa shape index (κ2) is 5.82. The SMILES string of the molecule is CCN(C)C=Nc1cc(C)c(C(C)=O)cc1Cl. The van der Waals surface area contributed by atoms with Crippen molar-refractivity contribution in [2.75, 3.05) is 13.6 Å². The monoisotopic (exact) mass is 252 g/mol. The van der Waals surface area contributed by atoms with Crippen LogP contribution in [0.25, 0.3) is 0 Å². The second-order valence-electron chi connectivity index (χ2n) is 3.99. The standard InChI is InChI=1S/C13H17ClN2O/c1-5-16(4)8-15-13-6-9(2)11(10(3)17)7-12(13)14/h6-8H,5H2,1-4H3. The molecular formula is C13H17ClN2O. The van der Waals surface area contributed by atoms with Crippen molar-refractivity contribution in [1.82, 2.24) is 4.90 Å². The highest BCUT2D eigenvalue weighted by atomic mass is 35.5. The fourth-order valence-electron chi connectivity index (χ4n) is 1.39. The van der Waals surface area contributed by atoms with Crippen molar-refractivity contribution in [3.63, 3.8) is 0 Å². The van der Waals surface area contributed by atoms with Crippen molar-refractivity contribution in [2.45, 2.75) is 20.8 Å². The van der Waals surface area contributed by atoms with Gasteiger partial charge in [0, 0.05) is 19.2 Å². The van der Waals surface area contributed by atoms with E-state index in [-0.39, 0.29) is 5.78 Å². The van der Waals surface area contributed by atoms with E-state index in [1.165, 1.54) is 6.92 Å². The summed E-state index contributed by atoms with van der Waals surface area (Å²) in [6.07, 6.45) is 1.73. The Kier molecular flexibility index (Phi) is 4.70. The molecular weight excluding hydrogens is 236 g/mol. The topological polar surface area (TPSA) is 32.7 Å². The summed E-state index contributed by atoms with van der Waals surface area (Å²) >= 11 is 6.09. The van der Waals surface area contributed by atoms with Crippen molar-refractivity contribution in [2.24, 2.45) is 4.99 Å².